The maximum Gasteiger partial charge on any atom is 0.243 e. The summed E-state index contributed by atoms with van der Waals surface area (Å²) in [7, 11) is -3.58. The van der Waals surface area contributed by atoms with Gasteiger partial charge in [-0.15, -0.1) is 0 Å². The van der Waals surface area contributed by atoms with E-state index < -0.39 is 10.0 Å². The van der Waals surface area contributed by atoms with Gasteiger partial charge in [-0.2, -0.15) is 4.31 Å². The van der Waals surface area contributed by atoms with Gasteiger partial charge >= 0.3 is 0 Å². The number of carbonyl (C=O) groups is 1. The molecule has 170 valence electrons. The van der Waals surface area contributed by atoms with E-state index in [1.807, 2.05) is 33.8 Å². The first-order valence-electron chi connectivity index (χ1n) is 11.1. The highest BCUT2D eigenvalue weighted by molar-refractivity contribution is 7.89. The zero-order chi connectivity index (χ0) is 22.5. The van der Waals surface area contributed by atoms with Gasteiger partial charge in [-0.3, -0.25) is 4.79 Å². The van der Waals surface area contributed by atoms with Crippen LogP contribution < -0.4 is 5.32 Å². The Labute approximate surface area is 182 Å². The fourth-order valence-electron chi connectivity index (χ4n) is 4.38. The van der Waals surface area contributed by atoms with Gasteiger partial charge in [-0.25, -0.2) is 8.42 Å². The van der Waals surface area contributed by atoms with E-state index >= 15 is 0 Å². The van der Waals surface area contributed by atoms with Gasteiger partial charge in [-0.1, -0.05) is 19.4 Å². The maximum atomic E-state index is 13.4. The van der Waals surface area contributed by atoms with Gasteiger partial charge in [0, 0.05) is 32.2 Å². The number of nitrogens with zero attached hydrogens (tertiary/aromatic N) is 1. The first-order chi connectivity index (χ1) is 14.1. The first-order valence-corrected chi connectivity index (χ1v) is 12.5. The summed E-state index contributed by atoms with van der Waals surface area (Å²) in [6.45, 7) is 11.2. The molecule has 0 radical (unpaired) electrons. The third-order valence-electron chi connectivity index (χ3n) is 6.52. The molecule has 1 amide bonds. The number of carbonyl (C=O) groups excluding carboxylic acids is 1. The molecule has 1 saturated heterocycles. The molecule has 2 N–H and O–H groups in total. The molecule has 1 aromatic rings. The number of rotatable bonds is 9. The number of aliphatic hydroxyl groups is 1. The maximum absolute atomic E-state index is 13.4. The monoisotopic (exact) mass is 438 g/mol. The molecule has 0 spiro atoms. The standard InChI is InChI=1S/C23H38N2O4S/c1-6-7-20(10-13-26)15-24-23(27)21-8-11-25(12-9-21)30(28,29)22-18(4)16(2)14-17(3)19(22)5/h14,20-21,26H,6-13,15H2,1-5H3,(H,24,27)/t20-/m0/s1. The molecule has 1 heterocycles. The van der Waals surface area contributed by atoms with E-state index in [-0.39, 0.29) is 18.4 Å². The number of aliphatic hydroxyl groups excluding tert-OH is 1. The summed E-state index contributed by atoms with van der Waals surface area (Å²) in [4.78, 5) is 13.0. The number of amides is 1. The molecular formula is C23H38N2O4S. The minimum absolute atomic E-state index is 0.00449. The summed E-state index contributed by atoms with van der Waals surface area (Å²) in [5, 5.41) is 12.2. The molecule has 0 bridgehead atoms. The fourth-order valence-corrected chi connectivity index (χ4v) is 6.43. The Morgan fingerprint density at radius 2 is 1.70 bits per heavy atom. The lowest BCUT2D eigenvalue weighted by molar-refractivity contribution is -0.126. The second-order valence-electron chi connectivity index (χ2n) is 8.68. The van der Waals surface area contributed by atoms with E-state index in [0.29, 0.717) is 49.7 Å². The average Bonchev–Trinajstić information content (AvgIpc) is 2.71. The Balaban J connectivity index is 2.02. The predicted octanol–water partition coefficient (Wildman–Crippen LogP) is 3.24. The summed E-state index contributed by atoms with van der Waals surface area (Å²) in [5.74, 6) is 0.138. The number of hydrogen-bond acceptors (Lipinski definition) is 4. The summed E-state index contributed by atoms with van der Waals surface area (Å²) in [6, 6.07) is 2.03. The van der Waals surface area contributed by atoms with Crippen molar-refractivity contribution in [3.05, 3.63) is 28.3 Å². The number of aryl methyl sites for hydroxylation is 2. The van der Waals surface area contributed by atoms with E-state index in [1.54, 1.807) is 0 Å². The summed E-state index contributed by atoms with van der Waals surface area (Å²) >= 11 is 0. The second kappa shape index (κ2) is 10.7. The average molecular weight is 439 g/mol. The smallest absolute Gasteiger partial charge is 0.243 e. The van der Waals surface area contributed by atoms with Crippen molar-refractivity contribution in [3.63, 3.8) is 0 Å². The van der Waals surface area contributed by atoms with Gasteiger partial charge in [0.15, 0.2) is 0 Å². The first kappa shape index (κ1) is 24.8. The number of nitrogens with one attached hydrogen (secondary N) is 1. The molecule has 0 saturated carbocycles. The largest absolute Gasteiger partial charge is 0.396 e. The van der Waals surface area contributed by atoms with Crippen molar-refractivity contribution < 1.29 is 18.3 Å². The Hall–Kier alpha value is -1.44. The van der Waals surface area contributed by atoms with Gasteiger partial charge < -0.3 is 10.4 Å². The Bertz CT molecular complexity index is 811. The lowest BCUT2D eigenvalue weighted by atomic mass is 9.96. The van der Waals surface area contributed by atoms with Crippen LogP contribution in [0.2, 0.25) is 0 Å². The van der Waals surface area contributed by atoms with Crippen LogP contribution in [0.25, 0.3) is 0 Å². The number of sulfonamides is 1. The highest BCUT2D eigenvalue weighted by Crippen LogP contribution is 2.31. The normalized spacial score (nSPS) is 17.1. The second-order valence-corrected chi connectivity index (χ2v) is 10.6. The molecule has 0 aromatic heterocycles. The van der Waals surface area contributed by atoms with Crippen LogP contribution >= 0.6 is 0 Å². The van der Waals surface area contributed by atoms with Crippen LogP contribution in [-0.2, 0) is 14.8 Å². The molecule has 1 atom stereocenters. The van der Waals surface area contributed by atoms with Crippen LogP contribution in [-0.4, -0.2) is 50.0 Å². The Morgan fingerprint density at radius 1 is 1.13 bits per heavy atom. The van der Waals surface area contributed by atoms with Crippen LogP contribution in [0.15, 0.2) is 11.0 Å². The molecule has 0 aliphatic carbocycles. The van der Waals surface area contributed by atoms with E-state index in [2.05, 4.69) is 12.2 Å². The molecule has 0 unspecified atom stereocenters. The van der Waals surface area contributed by atoms with Crippen molar-refractivity contribution in [2.45, 2.75) is 71.6 Å². The Kier molecular flexibility index (Phi) is 8.88. The molecule has 2 rings (SSSR count). The summed E-state index contributed by atoms with van der Waals surface area (Å²) in [6.07, 6.45) is 3.76. The molecule has 7 heteroatoms. The van der Waals surface area contributed by atoms with Crippen molar-refractivity contribution in [2.75, 3.05) is 26.2 Å². The number of hydrogen-bond donors (Lipinski definition) is 2. The van der Waals surface area contributed by atoms with Gasteiger partial charge in [0.1, 0.15) is 0 Å². The SMILES string of the molecule is CCC[C@@H](CCO)CNC(=O)C1CCN(S(=O)(=O)c2c(C)c(C)cc(C)c2C)CC1. The highest BCUT2D eigenvalue weighted by Gasteiger charge is 2.34. The van der Waals surface area contributed by atoms with Gasteiger partial charge in [0.25, 0.3) is 0 Å². The van der Waals surface area contributed by atoms with Crippen molar-refractivity contribution in [1.82, 2.24) is 9.62 Å². The quantitative estimate of drug-likeness (QED) is 0.620. The fraction of sp³-hybridized carbons (Fsp3) is 0.696. The lowest BCUT2D eigenvalue weighted by Gasteiger charge is -2.32. The molecular weight excluding hydrogens is 400 g/mol. The number of benzene rings is 1. The minimum atomic E-state index is -3.58. The predicted molar refractivity (Wildman–Crippen MR) is 120 cm³/mol. The van der Waals surface area contributed by atoms with Crippen molar-refractivity contribution in [2.24, 2.45) is 11.8 Å². The van der Waals surface area contributed by atoms with Crippen molar-refractivity contribution >= 4 is 15.9 Å². The highest BCUT2D eigenvalue weighted by atomic mass is 32.2. The van der Waals surface area contributed by atoms with Crippen LogP contribution in [0.5, 0.6) is 0 Å². The van der Waals surface area contributed by atoms with Gasteiger partial charge in [0.05, 0.1) is 4.90 Å². The molecule has 1 aliphatic heterocycles. The third-order valence-corrected chi connectivity index (χ3v) is 8.69. The minimum Gasteiger partial charge on any atom is -0.396 e. The van der Waals surface area contributed by atoms with Crippen LogP contribution in [0, 0.1) is 39.5 Å². The van der Waals surface area contributed by atoms with E-state index in [9.17, 15) is 18.3 Å². The molecule has 1 aliphatic rings. The lowest BCUT2D eigenvalue weighted by Crippen LogP contribution is -2.44. The molecule has 1 aromatic carbocycles. The van der Waals surface area contributed by atoms with Crippen LogP contribution in [0.3, 0.4) is 0 Å². The Morgan fingerprint density at radius 3 is 2.20 bits per heavy atom. The van der Waals surface area contributed by atoms with Crippen LogP contribution in [0.1, 0.15) is 61.3 Å². The zero-order valence-corrected chi connectivity index (χ0v) is 19.9. The topological polar surface area (TPSA) is 86.7 Å². The number of piperidine rings is 1. The zero-order valence-electron chi connectivity index (χ0n) is 19.1. The van der Waals surface area contributed by atoms with E-state index in [1.165, 1.54) is 4.31 Å². The van der Waals surface area contributed by atoms with Crippen molar-refractivity contribution in [3.8, 4) is 0 Å². The summed E-state index contributed by atoms with van der Waals surface area (Å²) in [5.41, 5.74) is 3.58. The van der Waals surface area contributed by atoms with Gasteiger partial charge in [0.2, 0.25) is 15.9 Å². The molecule has 1 fully saturated rings. The third kappa shape index (κ3) is 5.62. The van der Waals surface area contributed by atoms with Crippen LogP contribution in [0.4, 0.5) is 0 Å². The molecule has 30 heavy (non-hydrogen) atoms. The van der Waals surface area contributed by atoms with Gasteiger partial charge in [-0.05, 0) is 81.5 Å². The summed E-state index contributed by atoms with van der Waals surface area (Å²) < 4.78 is 28.3. The molecule has 6 nitrogen and oxygen atoms in total. The van der Waals surface area contributed by atoms with E-state index in [0.717, 1.165) is 35.1 Å². The van der Waals surface area contributed by atoms with E-state index in [4.69, 9.17) is 0 Å². The van der Waals surface area contributed by atoms with Crippen molar-refractivity contribution in [1.29, 1.82) is 0 Å².